The van der Waals surface area contributed by atoms with E-state index in [1.807, 2.05) is 12.1 Å². The molecule has 1 aromatic carbocycles. The van der Waals surface area contributed by atoms with Crippen LogP contribution in [0.2, 0.25) is 5.02 Å². The number of nitrogens with zero attached hydrogens (tertiary/aromatic N) is 2. The van der Waals surface area contributed by atoms with Crippen molar-refractivity contribution in [3.05, 3.63) is 47.0 Å². The normalized spacial score (nSPS) is 22.4. The summed E-state index contributed by atoms with van der Waals surface area (Å²) in [6.45, 7) is 7.41. The molecule has 2 fully saturated rings. The highest BCUT2D eigenvalue weighted by atomic mass is 35.5. The molecule has 2 atom stereocenters. The minimum absolute atomic E-state index is 0.152. The van der Waals surface area contributed by atoms with Crippen molar-refractivity contribution >= 4 is 39.3 Å². The molecule has 2 aromatic rings. The fraction of sp³-hybridized carbons (Fsp3) is 0.458. The first-order chi connectivity index (χ1) is 16.0. The number of sulfonamides is 1. The van der Waals surface area contributed by atoms with Crippen LogP contribution in [0, 0.1) is 5.92 Å². The van der Waals surface area contributed by atoms with Crippen LogP contribution in [0.25, 0.3) is 11.3 Å². The van der Waals surface area contributed by atoms with E-state index in [2.05, 4.69) is 35.7 Å². The lowest BCUT2D eigenvalue weighted by atomic mass is 9.97. The molecule has 2 aliphatic heterocycles. The van der Waals surface area contributed by atoms with E-state index in [1.54, 1.807) is 24.3 Å². The highest BCUT2D eigenvalue weighted by molar-refractivity contribution is 7.91. The van der Waals surface area contributed by atoms with E-state index in [1.165, 1.54) is 0 Å². The number of aromatic nitrogens is 1. The van der Waals surface area contributed by atoms with Crippen LogP contribution in [0.5, 0.6) is 0 Å². The Balaban J connectivity index is 1.73. The van der Waals surface area contributed by atoms with Gasteiger partial charge in [-0.1, -0.05) is 30.7 Å². The summed E-state index contributed by atoms with van der Waals surface area (Å²) in [6.07, 6.45) is 1.61. The zero-order valence-electron chi connectivity index (χ0n) is 19.5. The molecule has 2 amide bonds. The minimum Gasteiger partial charge on any atom is -0.355 e. The lowest BCUT2D eigenvalue weighted by Crippen LogP contribution is -2.50. The number of anilines is 1. The zero-order chi connectivity index (χ0) is 24.7. The van der Waals surface area contributed by atoms with E-state index < -0.39 is 27.1 Å². The zero-order valence-corrected chi connectivity index (χ0v) is 21.0. The van der Waals surface area contributed by atoms with Crippen molar-refractivity contribution in [3.8, 4) is 11.3 Å². The van der Waals surface area contributed by atoms with Gasteiger partial charge in [0.15, 0.2) is 5.25 Å². The number of rotatable bonds is 5. The second-order valence-electron chi connectivity index (χ2n) is 9.70. The summed E-state index contributed by atoms with van der Waals surface area (Å²) in [5.41, 5.74) is 1.35. The van der Waals surface area contributed by atoms with E-state index in [0.717, 1.165) is 12.0 Å². The molecule has 3 heterocycles. The maximum atomic E-state index is 13.3. The molecular weight excluding hydrogens is 476 g/mol. The molecule has 8 nitrogen and oxygen atoms in total. The first kappa shape index (κ1) is 24.5. The van der Waals surface area contributed by atoms with E-state index >= 15 is 0 Å². The van der Waals surface area contributed by atoms with Gasteiger partial charge in [0, 0.05) is 29.2 Å². The van der Waals surface area contributed by atoms with Crippen LogP contribution in [-0.2, 0) is 14.8 Å². The number of piperidine rings is 1. The van der Waals surface area contributed by atoms with E-state index in [0.29, 0.717) is 42.0 Å². The Hall–Kier alpha value is -2.65. The molecule has 0 bridgehead atoms. The van der Waals surface area contributed by atoms with E-state index in [4.69, 9.17) is 16.6 Å². The number of hydrogen-bond donors (Lipinski definition) is 2. The average Bonchev–Trinajstić information content (AvgIpc) is 3.05. The third-order valence-corrected chi connectivity index (χ3v) is 8.35. The third kappa shape index (κ3) is 4.90. The van der Waals surface area contributed by atoms with Gasteiger partial charge in [-0.3, -0.25) is 9.59 Å². The number of pyridine rings is 1. The second kappa shape index (κ2) is 9.19. The molecule has 2 saturated heterocycles. The second-order valence-corrected chi connectivity index (χ2v) is 12.0. The molecule has 0 saturated carbocycles. The van der Waals surface area contributed by atoms with Crippen LogP contribution in [0.4, 0.5) is 5.82 Å². The van der Waals surface area contributed by atoms with Gasteiger partial charge in [0.25, 0.3) is 5.91 Å². The molecule has 34 heavy (non-hydrogen) atoms. The topological polar surface area (TPSA) is 108 Å². The van der Waals surface area contributed by atoms with Crippen molar-refractivity contribution in [1.82, 2.24) is 15.0 Å². The Morgan fingerprint density at radius 1 is 1.21 bits per heavy atom. The Kier molecular flexibility index (Phi) is 6.61. The molecule has 0 spiro atoms. The van der Waals surface area contributed by atoms with Crippen molar-refractivity contribution < 1.29 is 18.0 Å². The molecule has 2 aliphatic rings. The molecule has 1 aromatic heterocycles. The standard InChI is InChI=1S/C24H29ClN4O4S/c1-15-13-24(2,3)29(14-15)21-18(10-11-19(27-21)16-6-8-17(25)9-7-16)22(30)28-34(32,33)20-5-4-12-26-23(20)31/h6-11,15,20H,4-5,12-14H2,1-3H3,(H,26,31)(H,28,30)/t15-,20?/m0/s1. The monoisotopic (exact) mass is 504 g/mol. The molecule has 182 valence electrons. The molecule has 0 aliphatic carbocycles. The average molecular weight is 505 g/mol. The van der Waals surface area contributed by atoms with Crippen molar-refractivity contribution in [1.29, 1.82) is 0 Å². The minimum atomic E-state index is -4.20. The number of halogens is 1. The maximum absolute atomic E-state index is 13.3. The molecule has 1 unspecified atom stereocenters. The number of nitrogens with one attached hydrogen (secondary N) is 2. The Labute approximate surface area is 205 Å². The number of carbonyl (C=O) groups excluding carboxylic acids is 2. The van der Waals surface area contributed by atoms with Crippen molar-refractivity contribution in [3.63, 3.8) is 0 Å². The molecule has 10 heteroatoms. The van der Waals surface area contributed by atoms with Crippen molar-refractivity contribution in [2.45, 2.75) is 50.8 Å². The smallest absolute Gasteiger partial charge is 0.268 e. The first-order valence-corrected chi connectivity index (χ1v) is 13.3. The summed E-state index contributed by atoms with van der Waals surface area (Å²) in [6, 6.07) is 10.5. The summed E-state index contributed by atoms with van der Waals surface area (Å²) in [5.74, 6) is -0.583. The lowest BCUT2D eigenvalue weighted by Gasteiger charge is -2.34. The van der Waals surface area contributed by atoms with Crippen molar-refractivity contribution in [2.75, 3.05) is 18.0 Å². The van der Waals surface area contributed by atoms with Gasteiger partial charge >= 0.3 is 0 Å². The summed E-state index contributed by atoms with van der Waals surface area (Å²) in [4.78, 5) is 32.2. The Bertz CT molecular complexity index is 1210. The highest BCUT2D eigenvalue weighted by Crippen LogP contribution is 2.38. The van der Waals surface area contributed by atoms with Crippen LogP contribution in [0.3, 0.4) is 0 Å². The van der Waals surface area contributed by atoms with Gasteiger partial charge in [-0.15, -0.1) is 0 Å². The summed E-state index contributed by atoms with van der Waals surface area (Å²) in [7, 11) is -4.20. The van der Waals surface area contributed by atoms with Gasteiger partial charge in [0.1, 0.15) is 5.82 Å². The maximum Gasteiger partial charge on any atom is 0.268 e. The number of amides is 2. The van der Waals surface area contributed by atoms with Gasteiger partial charge in [0.2, 0.25) is 15.9 Å². The van der Waals surface area contributed by atoms with Crippen molar-refractivity contribution in [2.24, 2.45) is 5.92 Å². The van der Waals surface area contributed by atoms with Crippen LogP contribution < -0.4 is 14.9 Å². The number of benzene rings is 1. The molecule has 2 N–H and O–H groups in total. The van der Waals surface area contributed by atoms with E-state index in [9.17, 15) is 18.0 Å². The van der Waals surface area contributed by atoms with E-state index in [-0.39, 0.29) is 17.5 Å². The largest absolute Gasteiger partial charge is 0.355 e. The fourth-order valence-electron chi connectivity index (χ4n) is 4.87. The molecule has 4 rings (SSSR count). The van der Waals surface area contributed by atoms with Gasteiger partial charge < -0.3 is 10.2 Å². The number of carbonyl (C=O) groups is 2. The summed E-state index contributed by atoms with van der Waals surface area (Å²) in [5, 5.41) is 1.86. The van der Waals surface area contributed by atoms with Crippen LogP contribution >= 0.6 is 11.6 Å². The predicted octanol–water partition coefficient (Wildman–Crippen LogP) is 3.37. The molecular formula is C24H29ClN4O4S. The summed E-state index contributed by atoms with van der Waals surface area (Å²) >= 11 is 6.02. The van der Waals surface area contributed by atoms with Gasteiger partial charge in [-0.05, 0) is 63.3 Å². The van der Waals surface area contributed by atoms with Gasteiger partial charge in [-0.25, -0.2) is 18.1 Å². The first-order valence-electron chi connectivity index (χ1n) is 11.4. The van der Waals surface area contributed by atoms with Crippen LogP contribution in [-0.4, -0.2) is 49.1 Å². The van der Waals surface area contributed by atoms with Crippen LogP contribution in [0.15, 0.2) is 36.4 Å². The highest BCUT2D eigenvalue weighted by Gasteiger charge is 2.40. The Morgan fingerprint density at radius 2 is 1.91 bits per heavy atom. The Morgan fingerprint density at radius 3 is 2.53 bits per heavy atom. The van der Waals surface area contributed by atoms with Gasteiger partial charge in [0.05, 0.1) is 11.3 Å². The molecule has 0 radical (unpaired) electrons. The van der Waals surface area contributed by atoms with Crippen LogP contribution in [0.1, 0.15) is 50.4 Å². The predicted molar refractivity (Wildman–Crippen MR) is 132 cm³/mol. The SMILES string of the molecule is C[C@@H]1CN(c2nc(-c3ccc(Cl)cc3)ccc2C(=O)NS(=O)(=O)C2CCCNC2=O)C(C)(C)C1. The quantitative estimate of drug-likeness (QED) is 0.646. The third-order valence-electron chi connectivity index (χ3n) is 6.43. The number of hydrogen-bond acceptors (Lipinski definition) is 6. The van der Waals surface area contributed by atoms with Gasteiger partial charge in [-0.2, -0.15) is 0 Å². The summed E-state index contributed by atoms with van der Waals surface area (Å²) < 4.78 is 27.9. The fourth-order valence-corrected chi connectivity index (χ4v) is 6.35. The lowest BCUT2D eigenvalue weighted by molar-refractivity contribution is -0.121.